The maximum Gasteiger partial charge on any atom is 0.255 e. The summed E-state index contributed by atoms with van der Waals surface area (Å²) in [4.78, 5) is 22.0. The Morgan fingerprint density at radius 1 is 1.09 bits per heavy atom. The van der Waals surface area contributed by atoms with Gasteiger partial charge in [-0.25, -0.2) is 23.4 Å². The Hall–Kier alpha value is -4.34. The van der Waals surface area contributed by atoms with Gasteiger partial charge < -0.3 is 14.8 Å². The fraction of sp³-hybridized carbons (Fsp3) is 0.200. The molecule has 0 atom stereocenters. The van der Waals surface area contributed by atoms with Gasteiger partial charge in [-0.2, -0.15) is 5.10 Å². The molecule has 1 aliphatic carbocycles. The third kappa shape index (κ3) is 3.96. The number of fused-ring (bicyclic) bond motifs is 1. The topological polar surface area (TPSA) is 91.2 Å². The number of rotatable bonds is 6. The lowest BCUT2D eigenvalue weighted by molar-refractivity contribution is 0.0949. The summed E-state index contributed by atoms with van der Waals surface area (Å²) in [6, 6.07) is 10.9. The lowest BCUT2D eigenvalue weighted by Gasteiger charge is -2.10. The van der Waals surface area contributed by atoms with E-state index in [0.717, 1.165) is 30.5 Å². The zero-order valence-electron chi connectivity index (χ0n) is 18.4. The lowest BCUT2D eigenvalue weighted by Crippen LogP contribution is -2.25. The molecule has 2 aromatic carbocycles. The number of benzene rings is 2. The summed E-state index contributed by atoms with van der Waals surface area (Å²) in [6.45, 7) is -0.0943. The number of aromatic nitrogens is 4. The first-order valence-electron chi connectivity index (χ1n) is 11.1. The van der Waals surface area contributed by atoms with Crippen LogP contribution in [0.2, 0.25) is 0 Å². The molecule has 0 bridgehead atoms. The first-order valence-corrected chi connectivity index (χ1v) is 11.1. The summed E-state index contributed by atoms with van der Waals surface area (Å²) in [5, 5.41) is 7.00. The number of carbonyl (C=O) groups is 1. The van der Waals surface area contributed by atoms with Crippen LogP contribution in [0.5, 0.6) is 11.5 Å². The van der Waals surface area contributed by atoms with Crippen molar-refractivity contribution in [1.29, 1.82) is 0 Å². The Kier molecular flexibility index (Phi) is 5.13. The Morgan fingerprint density at radius 2 is 1.89 bits per heavy atom. The molecule has 0 unspecified atom stereocenters. The molecule has 3 heterocycles. The van der Waals surface area contributed by atoms with Gasteiger partial charge in [0.2, 0.25) is 6.79 Å². The molecule has 2 aliphatic rings. The minimum atomic E-state index is -0.711. The van der Waals surface area contributed by atoms with E-state index in [9.17, 15) is 13.6 Å². The molecule has 35 heavy (non-hydrogen) atoms. The van der Waals surface area contributed by atoms with Crippen LogP contribution in [0.3, 0.4) is 0 Å². The highest BCUT2D eigenvalue weighted by Gasteiger charge is 2.33. The summed E-state index contributed by atoms with van der Waals surface area (Å²) in [6.07, 6.45) is 4.87. The second-order valence-corrected chi connectivity index (χ2v) is 8.32. The van der Waals surface area contributed by atoms with Gasteiger partial charge in [-0.05, 0) is 49.2 Å². The summed E-state index contributed by atoms with van der Waals surface area (Å²) < 4.78 is 40.3. The van der Waals surface area contributed by atoms with E-state index in [2.05, 4.69) is 20.4 Å². The van der Waals surface area contributed by atoms with Crippen LogP contribution < -0.4 is 14.8 Å². The molecule has 10 heteroatoms. The third-order valence-corrected chi connectivity index (χ3v) is 6.00. The van der Waals surface area contributed by atoms with Crippen molar-refractivity contribution in [3.63, 3.8) is 0 Å². The summed E-state index contributed by atoms with van der Waals surface area (Å²) in [7, 11) is 0. The van der Waals surface area contributed by atoms with E-state index in [-0.39, 0.29) is 24.8 Å². The zero-order chi connectivity index (χ0) is 23.9. The van der Waals surface area contributed by atoms with Crippen molar-refractivity contribution < 1.29 is 23.0 Å². The Balaban J connectivity index is 1.30. The van der Waals surface area contributed by atoms with E-state index < -0.39 is 17.5 Å². The van der Waals surface area contributed by atoms with E-state index >= 15 is 0 Å². The number of nitrogens with one attached hydrogen (secondary N) is 1. The highest BCUT2D eigenvalue weighted by Crippen LogP contribution is 2.42. The van der Waals surface area contributed by atoms with Crippen molar-refractivity contribution in [2.45, 2.75) is 25.3 Å². The van der Waals surface area contributed by atoms with Gasteiger partial charge in [-0.1, -0.05) is 6.07 Å². The van der Waals surface area contributed by atoms with Gasteiger partial charge in [0, 0.05) is 29.8 Å². The average molecular weight is 475 g/mol. The molecule has 4 aromatic rings. The van der Waals surface area contributed by atoms with E-state index in [0.29, 0.717) is 34.4 Å². The molecular weight excluding hydrogens is 456 g/mol. The number of hydrogen-bond acceptors (Lipinski definition) is 6. The molecule has 176 valence electrons. The van der Waals surface area contributed by atoms with Crippen molar-refractivity contribution in [2.75, 3.05) is 6.79 Å². The van der Waals surface area contributed by atoms with Crippen LogP contribution >= 0.6 is 0 Å². The fourth-order valence-electron chi connectivity index (χ4n) is 4.07. The molecular formula is C25H19F2N5O3. The number of halogens is 2. The number of carbonyl (C=O) groups excluding carboxylic acids is 1. The highest BCUT2D eigenvalue weighted by atomic mass is 19.1. The number of hydrogen-bond donors (Lipinski definition) is 1. The van der Waals surface area contributed by atoms with Gasteiger partial charge in [0.1, 0.15) is 11.6 Å². The van der Waals surface area contributed by atoms with Crippen LogP contribution in [0.1, 0.15) is 40.4 Å². The van der Waals surface area contributed by atoms with Gasteiger partial charge >= 0.3 is 0 Å². The first kappa shape index (κ1) is 21.2. The average Bonchev–Trinajstić information content (AvgIpc) is 3.43. The quantitative estimate of drug-likeness (QED) is 0.451. The van der Waals surface area contributed by atoms with Crippen molar-refractivity contribution in [3.05, 3.63) is 83.3 Å². The molecule has 8 nitrogen and oxygen atoms in total. The third-order valence-electron chi connectivity index (χ3n) is 6.00. The van der Waals surface area contributed by atoms with E-state index in [1.54, 1.807) is 16.9 Å². The van der Waals surface area contributed by atoms with Crippen molar-refractivity contribution in [3.8, 4) is 28.7 Å². The smallest absolute Gasteiger partial charge is 0.255 e. The second-order valence-electron chi connectivity index (χ2n) is 8.32. The number of nitrogens with zero attached hydrogens (tertiary/aromatic N) is 4. The second kappa shape index (κ2) is 8.46. The minimum absolute atomic E-state index is 0.126. The molecule has 1 amide bonds. The van der Waals surface area contributed by atoms with Gasteiger partial charge in [0.15, 0.2) is 11.5 Å². The number of ether oxygens (including phenoxy) is 2. The number of amides is 1. The molecule has 1 N–H and O–H groups in total. The van der Waals surface area contributed by atoms with Crippen molar-refractivity contribution >= 4 is 5.91 Å². The molecule has 1 fully saturated rings. The first-order chi connectivity index (χ1) is 17.1. The minimum Gasteiger partial charge on any atom is -0.454 e. The van der Waals surface area contributed by atoms with Gasteiger partial charge in [-0.3, -0.25) is 4.79 Å². The Morgan fingerprint density at radius 3 is 2.69 bits per heavy atom. The summed E-state index contributed by atoms with van der Waals surface area (Å²) in [5.74, 6) is -0.118. The van der Waals surface area contributed by atoms with Crippen LogP contribution in [0, 0.1) is 11.6 Å². The molecule has 6 rings (SSSR count). The molecule has 0 spiro atoms. The normalized spacial score (nSPS) is 14.2. The predicted octanol–water partition coefficient (Wildman–Crippen LogP) is 4.14. The summed E-state index contributed by atoms with van der Waals surface area (Å²) >= 11 is 0. The fourth-order valence-corrected chi connectivity index (χ4v) is 4.07. The standard InChI is InChI=1S/C25H19F2N5O3/c26-18-2-1-3-19(27)16(18)11-29-24(33)17-12-30-32(23(17)14-4-5-14)25-28-9-8-20(31-25)15-6-7-21-22(10-15)35-13-34-21/h1-3,6-10,12,14H,4-5,11,13H2,(H,29,33). The maximum absolute atomic E-state index is 14.0. The Bertz CT molecular complexity index is 1430. The zero-order valence-corrected chi connectivity index (χ0v) is 18.4. The van der Waals surface area contributed by atoms with E-state index in [1.807, 2.05) is 18.2 Å². The van der Waals surface area contributed by atoms with Crippen LogP contribution in [-0.2, 0) is 6.54 Å². The van der Waals surface area contributed by atoms with Crippen molar-refractivity contribution in [1.82, 2.24) is 25.1 Å². The van der Waals surface area contributed by atoms with E-state index in [1.165, 1.54) is 12.3 Å². The molecule has 0 saturated heterocycles. The van der Waals surface area contributed by atoms with Crippen LogP contribution in [-0.4, -0.2) is 32.4 Å². The predicted molar refractivity (Wildman–Crippen MR) is 120 cm³/mol. The van der Waals surface area contributed by atoms with E-state index in [4.69, 9.17) is 9.47 Å². The van der Waals surface area contributed by atoms with Gasteiger partial charge in [0.25, 0.3) is 11.9 Å². The molecule has 0 radical (unpaired) electrons. The van der Waals surface area contributed by atoms with Crippen molar-refractivity contribution in [2.24, 2.45) is 0 Å². The highest BCUT2D eigenvalue weighted by molar-refractivity contribution is 5.95. The molecule has 1 saturated carbocycles. The monoisotopic (exact) mass is 475 g/mol. The molecule has 1 aliphatic heterocycles. The van der Waals surface area contributed by atoms with Crippen LogP contribution in [0.15, 0.2) is 54.9 Å². The molecule has 2 aromatic heterocycles. The van der Waals surface area contributed by atoms with Gasteiger partial charge in [-0.15, -0.1) is 0 Å². The Labute approximate surface area is 198 Å². The lowest BCUT2D eigenvalue weighted by atomic mass is 10.1. The van der Waals surface area contributed by atoms with Crippen LogP contribution in [0.4, 0.5) is 8.78 Å². The largest absolute Gasteiger partial charge is 0.454 e. The maximum atomic E-state index is 14.0. The SMILES string of the molecule is O=C(NCc1c(F)cccc1F)c1cnn(-c2nccc(-c3ccc4c(c3)OCO4)n2)c1C1CC1. The van der Waals surface area contributed by atoms with Crippen LogP contribution in [0.25, 0.3) is 17.2 Å². The van der Waals surface area contributed by atoms with Gasteiger partial charge in [0.05, 0.1) is 23.1 Å². The summed E-state index contributed by atoms with van der Waals surface area (Å²) in [5.41, 5.74) is 2.30.